The van der Waals surface area contributed by atoms with Gasteiger partial charge in [0.05, 0.1) is 0 Å². The molecule has 0 rings (SSSR count). The Balaban J connectivity index is 4.93. The van der Waals surface area contributed by atoms with Gasteiger partial charge >= 0.3 is 0 Å². The summed E-state index contributed by atoms with van der Waals surface area (Å²) >= 11 is 3.50. The number of halogens is 1. The summed E-state index contributed by atoms with van der Waals surface area (Å²) in [7, 11) is -1.51. The molecule has 0 N–H and O–H groups in total. The molecule has 0 aliphatic carbocycles. The molecule has 0 aromatic carbocycles. The third-order valence-electron chi connectivity index (χ3n) is 4.42. The number of hydrogen-bond acceptors (Lipinski definition) is 0. The maximum Gasteiger partial charge on any atom is 0.145 e. The molecule has 0 aliphatic rings. The van der Waals surface area contributed by atoms with Gasteiger partial charge in [-0.3, -0.25) is 0 Å². The van der Waals surface area contributed by atoms with Crippen LogP contribution in [0.25, 0.3) is 0 Å². The molecule has 0 aromatic heterocycles. The van der Waals surface area contributed by atoms with Gasteiger partial charge < -0.3 is 0 Å². The standard InChI is InChI=1S/C17H33BrSi/c1-14(2)19(15(3)4,16(5)6)13-11-17(7)10-8-9-12-18/h14-17H,8-10,12H2,1-7H3/t17-/m1/s1. The highest BCUT2D eigenvalue weighted by Crippen LogP contribution is 2.40. The van der Waals surface area contributed by atoms with Crippen molar-refractivity contribution < 1.29 is 0 Å². The Bertz CT molecular complexity index is 274. The van der Waals surface area contributed by atoms with Crippen LogP contribution in [0.3, 0.4) is 0 Å². The molecule has 0 aliphatic heterocycles. The second-order valence-corrected chi connectivity index (χ2v) is 13.1. The van der Waals surface area contributed by atoms with E-state index in [1.807, 2.05) is 0 Å². The summed E-state index contributed by atoms with van der Waals surface area (Å²) in [6, 6.07) is 0. The summed E-state index contributed by atoms with van der Waals surface area (Å²) in [5, 5.41) is 1.12. The van der Waals surface area contributed by atoms with Gasteiger partial charge in [0.2, 0.25) is 0 Å². The minimum atomic E-state index is -1.51. The topological polar surface area (TPSA) is 0 Å². The van der Waals surface area contributed by atoms with E-state index >= 15 is 0 Å². The SMILES string of the molecule is CC(C)[Si](C#C[C@H](C)CCCCBr)(C(C)C)C(C)C. The largest absolute Gasteiger partial charge is 0.145 e. The van der Waals surface area contributed by atoms with Gasteiger partial charge in [-0.05, 0) is 29.5 Å². The second-order valence-electron chi connectivity index (χ2n) is 6.75. The van der Waals surface area contributed by atoms with Crippen molar-refractivity contribution >= 4 is 24.0 Å². The molecule has 1 atom stereocenters. The fourth-order valence-electron chi connectivity index (χ4n) is 3.30. The summed E-state index contributed by atoms with van der Waals surface area (Å²) in [4.78, 5) is 0. The van der Waals surface area contributed by atoms with E-state index in [0.717, 1.165) is 22.0 Å². The molecule has 0 saturated heterocycles. The number of alkyl halides is 1. The van der Waals surface area contributed by atoms with Gasteiger partial charge in [-0.25, -0.2) is 0 Å². The Kier molecular flexibility index (Phi) is 9.37. The van der Waals surface area contributed by atoms with E-state index in [0.29, 0.717) is 5.92 Å². The summed E-state index contributed by atoms with van der Waals surface area (Å²) in [5.41, 5.74) is 6.07. The summed E-state index contributed by atoms with van der Waals surface area (Å²) in [5.74, 6) is 4.18. The number of unbranched alkanes of at least 4 members (excludes halogenated alkanes) is 1. The molecule has 0 nitrogen and oxygen atoms in total. The highest BCUT2D eigenvalue weighted by molar-refractivity contribution is 9.09. The van der Waals surface area contributed by atoms with Gasteiger partial charge in [-0.1, -0.05) is 70.8 Å². The van der Waals surface area contributed by atoms with Gasteiger partial charge in [-0.15, -0.1) is 11.5 Å². The predicted octanol–water partition coefficient (Wildman–Crippen LogP) is 6.41. The summed E-state index contributed by atoms with van der Waals surface area (Å²) in [6.07, 6.45) is 3.81. The van der Waals surface area contributed by atoms with Crippen LogP contribution in [0.15, 0.2) is 0 Å². The van der Waals surface area contributed by atoms with Crippen LogP contribution in [-0.2, 0) is 0 Å². The van der Waals surface area contributed by atoms with Crippen LogP contribution < -0.4 is 0 Å². The summed E-state index contributed by atoms with van der Waals surface area (Å²) < 4.78 is 0. The monoisotopic (exact) mass is 344 g/mol. The number of rotatable bonds is 7. The van der Waals surface area contributed by atoms with Gasteiger partial charge in [0.25, 0.3) is 0 Å². The molecule has 0 bridgehead atoms. The zero-order chi connectivity index (χ0) is 15.1. The fraction of sp³-hybridized carbons (Fsp3) is 0.882. The van der Waals surface area contributed by atoms with Crippen LogP contribution in [-0.4, -0.2) is 13.4 Å². The second kappa shape index (κ2) is 9.24. The molecule has 0 fully saturated rings. The lowest BCUT2D eigenvalue weighted by Gasteiger charge is -2.38. The van der Waals surface area contributed by atoms with Crippen LogP contribution in [0.5, 0.6) is 0 Å². The summed E-state index contributed by atoms with van der Waals surface area (Å²) in [6.45, 7) is 16.6. The van der Waals surface area contributed by atoms with Crippen LogP contribution >= 0.6 is 15.9 Å². The normalized spacial score (nSPS) is 13.8. The molecular formula is C17H33BrSi. The quantitative estimate of drug-likeness (QED) is 0.216. The molecule has 0 radical (unpaired) electrons. The molecule has 19 heavy (non-hydrogen) atoms. The zero-order valence-corrected chi connectivity index (χ0v) is 16.6. The lowest BCUT2D eigenvalue weighted by Crippen LogP contribution is -2.43. The molecule has 0 saturated carbocycles. The van der Waals surface area contributed by atoms with Crippen LogP contribution in [0, 0.1) is 17.4 Å². The molecule has 0 aromatic rings. The average molecular weight is 345 g/mol. The maximum absolute atomic E-state index is 3.84. The first kappa shape index (κ1) is 19.3. The maximum atomic E-state index is 3.84. The molecule has 0 unspecified atom stereocenters. The fourth-order valence-corrected chi connectivity index (χ4v) is 9.06. The van der Waals surface area contributed by atoms with E-state index in [1.165, 1.54) is 19.3 Å². The van der Waals surface area contributed by atoms with Gasteiger partial charge in [-0.2, -0.15) is 0 Å². The first-order chi connectivity index (χ1) is 8.78. The Morgan fingerprint density at radius 2 is 1.32 bits per heavy atom. The minimum Gasteiger partial charge on any atom is -0.130 e. The minimum absolute atomic E-state index is 0.558. The van der Waals surface area contributed by atoms with Crippen molar-refractivity contribution in [3.63, 3.8) is 0 Å². The Hall–Kier alpha value is 0.257. The van der Waals surface area contributed by atoms with Crippen molar-refractivity contribution in [1.29, 1.82) is 0 Å². The van der Waals surface area contributed by atoms with E-state index in [9.17, 15) is 0 Å². The van der Waals surface area contributed by atoms with E-state index in [2.05, 4.69) is 75.9 Å². The van der Waals surface area contributed by atoms with Gasteiger partial charge in [0, 0.05) is 11.2 Å². The third kappa shape index (κ3) is 5.64. The van der Waals surface area contributed by atoms with Crippen LogP contribution in [0.2, 0.25) is 16.6 Å². The molecule has 0 heterocycles. The highest BCUT2D eigenvalue weighted by Gasteiger charge is 2.41. The Morgan fingerprint density at radius 3 is 1.68 bits per heavy atom. The Morgan fingerprint density at radius 1 is 0.842 bits per heavy atom. The highest BCUT2D eigenvalue weighted by atomic mass is 79.9. The molecule has 0 amide bonds. The first-order valence-electron chi connectivity index (χ1n) is 7.87. The van der Waals surface area contributed by atoms with Crippen molar-refractivity contribution in [2.45, 2.75) is 84.4 Å². The third-order valence-corrected chi connectivity index (χ3v) is 11.3. The van der Waals surface area contributed by atoms with Crippen molar-refractivity contribution in [2.24, 2.45) is 5.92 Å². The molecule has 112 valence electrons. The van der Waals surface area contributed by atoms with Crippen molar-refractivity contribution in [3.05, 3.63) is 0 Å². The molecule has 2 heteroatoms. The van der Waals surface area contributed by atoms with E-state index in [1.54, 1.807) is 0 Å². The van der Waals surface area contributed by atoms with Crippen molar-refractivity contribution in [3.8, 4) is 11.5 Å². The first-order valence-corrected chi connectivity index (χ1v) is 11.2. The van der Waals surface area contributed by atoms with Crippen molar-refractivity contribution in [2.75, 3.05) is 5.33 Å². The zero-order valence-electron chi connectivity index (χ0n) is 14.0. The molecular weight excluding hydrogens is 312 g/mol. The van der Waals surface area contributed by atoms with E-state index in [-0.39, 0.29) is 0 Å². The number of hydrogen-bond donors (Lipinski definition) is 0. The Labute approximate surface area is 131 Å². The lowest BCUT2D eigenvalue weighted by atomic mass is 10.1. The van der Waals surface area contributed by atoms with Crippen molar-refractivity contribution in [1.82, 2.24) is 0 Å². The van der Waals surface area contributed by atoms with Gasteiger partial charge in [0.15, 0.2) is 0 Å². The van der Waals surface area contributed by atoms with E-state index in [4.69, 9.17) is 0 Å². The smallest absolute Gasteiger partial charge is 0.130 e. The van der Waals surface area contributed by atoms with Crippen LogP contribution in [0.1, 0.15) is 67.7 Å². The average Bonchev–Trinajstić information content (AvgIpc) is 2.28. The molecule has 0 spiro atoms. The lowest BCUT2D eigenvalue weighted by molar-refractivity contribution is 0.617. The van der Waals surface area contributed by atoms with Crippen LogP contribution in [0.4, 0.5) is 0 Å². The van der Waals surface area contributed by atoms with Gasteiger partial charge in [0.1, 0.15) is 8.07 Å². The predicted molar refractivity (Wildman–Crippen MR) is 95.6 cm³/mol. The van der Waals surface area contributed by atoms with E-state index < -0.39 is 8.07 Å².